The molecule has 0 fully saturated rings. The van der Waals surface area contributed by atoms with E-state index in [2.05, 4.69) is 4.98 Å². The van der Waals surface area contributed by atoms with Gasteiger partial charge >= 0.3 is 0 Å². The second-order valence-corrected chi connectivity index (χ2v) is 4.49. The molecule has 0 aliphatic heterocycles. The molecule has 17 heavy (non-hydrogen) atoms. The van der Waals surface area contributed by atoms with E-state index in [-0.39, 0.29) is 0 Å². The molecule has 0 amide bonds. The first kappa shape index (κ1) is 10.6. The predicted octanol–water partition coefficient (Wildman–Crippen LogP) is 3.27. The van der Waals surface area contributed by atoms with Crippen LogP contribution in [0.3, 0.4) is 0 Å². The first-order valence-electron chi connectivity index (χ1n) is 4.97. The number of pyridine rings is 1. The third-order valence-corrected chi connectivity index (χ3v) is 3.33. The van der Waals surface area contributed by atoms with Crippen LogP contribution in [0, 0.1) is 5.41 Å². The molecule has 84 valence electrons. The van der Waals surface area contributed by atoms with E-state index in [1.807, 2.05) is 18.2 Å². The van der Waals surface area contributed by atoms with Crippen molar-refractivity contribution in [3.8, 4) is 0 Å². The zero-order chi connectivity index (χ0) is 12.0. The van der Waals surface area contributed by atoms with E-state index in [1.165, 1.54) is 0 Å². The summed E-state index contributed by atoms with van der Waals surface area (Å²) >= 11 is 11.9. The Hall–Kier alpha value is -1.58. The van der Waals surface area contributed by atoms with E-state index in [9.17, 15) is 0 Å². The van der Waals surface area contributed by atoms with Crippen molar-refractivity contribution in [1.29, 1.82) is 5.41 Å². The van der Waals surface area contributed by atoms with Gasteiger partial charge in [-0.25, -0.2) is 4.98 Å². The predicted molar refractivity (Wildman–Crippen MR) is 68.6 cm³/mol. The van der Waals surface area contributed by atoms with Gasteiger partial charge in [0.05, 0.1) is 15.6 Å². The van der Waals surface area contributed by atoms with Crippen molar-refractivity contribution in [1.82, 2.24) is 9.38 Å². The molecule has 0 bridgehead atoms. The van der Waals surface area contributed by atoms with Crippen molar-refractivity contribution >= 4 is 39.8 Å². The van der Waals surface area contributed by atoms with Gasteiger partial charge in [0.25, 0.3) is 0 Å². The summed E-state index contributed by atoms with van der Waals surface area (Å²) in [5.41, 5.74) is 1.74. The average Bonchev–Trinajstić information content (AvgIpc) is 2.32. The number of nitrogens with zero attached hydrogens (tertiary/aromatic N) is 2. The molecule has 1 aromatic carbocycles. The Morgan fingerprint density at radius 2 is 1.88 bits per heavy atom. The lowest BCUT2D eigenvalue weighted by Crippen LogP contribution is -2.15. The third-order valence-electron chi connectivity index (χ3n) is 2.61. The van der Waals surface area contributed by atoms with Crippen molar-refractivity contribution < 1.29 is 0 Å². The summed E-state index contributed by atoms with van der Waals surface area (Å²) in [5, 5.41) is 9.69. The van der Waals surface area contributed by atoms with Crippen LogP contribution in [0.4, 0.5) is 0 Å². The molecule has 1 N–H and O–H groups in total. The zero-order valence-electron chi connectivity index (χ0n) is 8.61. The minimum absolute atomic E-state index is 0.351. The SMILES string of the molecule is N=c1c2cc(Cl)c(Cl)cc2nc2ccccn12. The van der Waals surface area contributed by atoms with Crippen LogP contribution in [0.5, 0.6) is 0 Å². The fourth-order valence-electron chi connectivity index (χ4n) is 1.79. The van der Waals surface area contributed by atoms with Crippen molar-refractivity contribution in [3.05, 3.63) is 52.1 Å². The maximum Gasteiger partial charge on any atom is 0.140 e. The molecule has 3 nitrogen and oxygen atoms in total. The summed E-state index contributed by atoms with van der Waals surface area (Å²) in [7, 11) is 0. The van der Waals surface area contributed by atoms with E-state index in [0.29, 0.717) is 32.1 Å². The normalized spacial score (nSPS) is 11.2. The quantitative estimate of drug-likeness (QED) is 0.622. The van der Waals surface area contributed by atoms with Crippen LogP contribution in [-0.4, -0.2) is 9.38 Å². The second-order valence-electron chi connectivity index (χ2n) is 3.67. The number of halogens is 2. The molecular formula is C12H7Cl2N3. The van der Waals surface area contributed by atoms with Crippen molar-refractivity contribution in [2.45, 2.75) is 0 Å². The lowest BCUT2D eigenvalue weighted by Gasteiger charge is -2.05. The number of hydrogen-bond donors (Lipinski definition) is 1. The first-order chi connectivity index (χ1) is 8.16. The summed E-state index contributed by atoms with van der Waals surface area (Å²) in [5.74, 6) is 0. The summed E-state index contributed by atoms with van der Waals surface area (Å²) in [6, 6.07) is 8.94. The van der Waals surface area contributed by atoms with Gasteiger partial charge in [-0.2, -0.15) is 0 Å². The van der Waals surface area contributed by atoms with Gasteiger partial charge in [-0.15, -0.1) is 0 Å². The van der Waals surface area contributed by atoms with Crippen LogP contribution in [0.15, 0.2) is 36.5 Å². The van der Waals surface area contributed by atoms with Crippen molar-refractivity contribution in [2.24, 2.45) is 0 Å². The molecule has 2 heterocycles. The molecule has 0 unspecified atom stereocenters. The highest BCUT2D eigenvalue weighted by Crippen LogP contribution is 2.25. The Morgan fingerprint density at radius 3 is 2.71 bits per heavy atom. The number of nitrogens with one attached hydrogen (secondary N) is 1. The van der Waals surface area contributed by atoms with Gasteiger partial charge in [-0.1, -0.05) is 29.3 Å². The van der Waals surface area contributed by atoms with E-state index in [4.69, 9.17) is 28.6 Å². The maximum absolute atomic E-state index is 8.12. The fourth-order valence-corrected chi connectivity index (χ4v) is 2.11. The fraction of sp³-hybridized carbons (Fsp3) is 0. The minimum atomic E-state index is 0.351. The summed E-state index contributed by atoms with van der Waals surface area (Å²) in [6.45, 7) is 0. The molecule has 0 aliphatic carbocycles. The molecule has 0 saturated heterocycles. The molecule has 0 aliphatic rings. The van der Waals surface area contributed by atoms with E-state index in [0.717, 1.165) is 0 Å². The van der Waals surface area contributed by atoms with Crippen LogP contribution in [0.25, 0.3) is 16.6 Å². The Kier molecular flexibility index (Phi) is 2.31. The third kappa shape index (κ3) is 1.59. The highest BCUT2D eigenvalue weighted by atomic mass is 35.5. The second kappa shape index (κ2) is 3.72. The van der Waals surface area contributed by atoms with Crippen molar-refractivity contribution in [3.63, 3.8) is 0 Å². The standard InChI is InChI=1S/C12H7Cl2N3/c13-8-5-7-10(6-9(8)14)16-11-3-1-2-4-17(11)12(7)15/h1-6,15H. The van der Waals surface area contributed by atoms with Gasteiger partial charge in [0, 0.05) is 11.6 Å². The van der Waals surface area contributed by atoms with Crippen LogP contribution < -0.4 is 5.49 Å². The van der Waals surface area contributed by atoms with Gasteiger partial charge in [0.2, 0.25) is 0 Å². The number of hydrogen-bond acceptors (Lipinski definition) is 2. The highest BCUT2D eigenvalue weighted by Gasteiger charge is 2.06. The number of fused-ring (bicyclic) bond motifs is 2. The summed E-state index contributed by atoms with van der Waals surface area (Å²) in [6.07, 6.45) is 1.80. The Balaban J connectivity index is 2.60. The summed E-state index contributed by atoms with van der Waals surface area (Å²) < 4.78 is 1.70. The monoisotopic (exact) mass is 263 g/mol. The Bertz CT molecular complexity index is 793. The van der Waals surface area contributed by atoms with E-state index < -0.39 is 0 Å². The lowest BCUT2D eigenvalue weighted by atomic mass is 10.2. The Morgan fingerprint density at radius 1 is 1.12 bits per heavy atom. The molecule has 3 aromatic rings. The highest BCUT2D eigenvalue weighted by molar-refractivity contribution is 6.42. The zero-order valence-corrected chi connectivity index (χ0v) is 10.1. The number of benzene rings is 1. The van der Waals surface area contributed by atoms with Crippen LogP contribution >= 0.6 is 23.2 Å². The topological polar surface area (TPSA) is 41.2 Å². The summed E-state index contributed by atoms with van der Waals surface area (Å²) in [4.78, 5) is 4.44. The molecule has 3 rings (SSSR count). The first-order valence-corrected chi connectivity index (χ1v) is 5.73. The van der Waals surface area contributed by atoms with Gasteiger partial charge in [0.15, 0.2) is 0 Å². The van der Waals surface area contributed by atoms with Gasteiger partial charge < -0.3 is 0 Å². The molecular weight excluding hydrogens is 257 g/mol. The molecule has 2 aromatic heterocycles. The largest absolute Gasteiger partial charge is 0.286 e. The molecule has 0 saturated carbocycles. The van der Waals surface area contributed by atoms with Crippen LogP contribution in [0.2, 0.25) is 10.0 Å². The Labute approximate surface area is 107 Å². The van der Waals surface area contributed by atoms with Gasteiger partial charge in [0.1, 0.15) is 11.1 Å². The molecule has 5 heteroatoms. The average molecular weight is 264 g/mol. The lowest BCUT2D eigenvalue weighted by molar-refractivity contribution is 1.00. The van der Waals surface area contributed by atoms with Crippen LogP contribution in [-0.2, 0) is 0 Å². The van der Waals surface area contributed by atoms with Crippen molar-refractivity contribution in [2.75, 3.05) is 0 Å². The van der Waals surface area contributed by atoms with Gasteiger partial charge in [-0.05, 0) is 24.3 Å². The minimum Gasteiger partial charge on any atom is -0.286 e. The van der Waals surface area contributed by atoms with Crippen LogP contribution in [0.1, 0.15) is 0 Å². The number of rotatable bonds is 0. The van der Waals surface area contributed by atoms with E-state index >= 15 is 0 Å². The smallest absolute Gasteiger partial charge is 0.140 e. The molecule has 0 atom stereocenters. The number of aromatic nitrogens is 2. The van der Waals surface area contributed by atoms with E-state index in [1.54, 1.807) is 22.7 Å². The molecule has 0 spiro atoms. The maximum atomic E-state index is 8.12. The molecule has 0 radical (unpaired) electrons. The van der Waals surface area contributed by atoms with Gasteiger partial charge in [-0.3, -0.25) is 9.81 Å².